The molecule has 3 aliphatic carbocycles. The maximum Gasteiger partial charge on any atom is -0.0189 e. The highest BCUT2D eigenvalue weighted by molar-refractivity contribution is 5.12. The van der Waals surface area contributed by atoms with Crippen LogP contribution >= 0.6 is 0 Å². The fourth-order valence-corrected chi connectivity index (χ4v) is 4.60. The minimum absolute atomic E-state index is 0.656. The second-order valence-corrected chi connectivity index (χ2v) is 5.88. The molecule has 1 fully saturated rings. The average Bonchev–Trinajstić information content (AvgIpc) is 2.34. The molecule has 0 saturated heterocycles. The molecule has 0 amide bonds. The highest BCUT2D eigenvalue weighted by atomic mass is 14.6. The molecule has 80 valence electrons. The van der Waals surface area contributed by atoms with Crippen LogP contribution in [0.15, 0.2) is 12.2 Å². The second kappa shape index (κ2) is 3.40. The van der Waals surface area contributed by atoms with Crippen molar-refractivity contribution in [3.8, 4) is 0 Å². The zero-order valence-electron chi connectivity index (χ0n) is 10.1. The van der Waals surface area contributed by atoms with Gasteiger partial charge in [-0.15, -0.1) is 0 Å². The molecule has 0 radical (unpaired) electrons. The molecule has 0 heterocycles. The van der Waals surface area contributed by atoms with Crippen molar-refractivity contribution in [2.45, 2.75) is 47.0 Å². The van der Waals surface area contributed by atoms with Gasteiger partial charge < -0.3 is 0 Å². The zero-order chi connectivity index (χ0) is 10.3. The first kappa shape index (κ1) is 10.3. The van der Waals surface area contributed by atoms with Gasteiger partial charge in [-0.1, -0.05) is 39.8 Å². The number of hydrogen-bond acceptors (Lipinski definition) is 0. The molecule has 0 spiro atoms. The Balaban J connectivity index is 2.29. The monoisotopic (exact) mass is 192 g/mol. The average molecular weight is 192 g/mol. The van der Waals surface area contributed by atoms with Gasteiger partial charge in [0.15, 0.2) is 0 Å². The molecule has 0 aliphatic heterocycles. The third-order valence-corrected chi connectivity index (χ3v) is 4.99. The summed E-state index contributed by atoms with van der Waals surface area (Å²) in [6.07, 6.45) is 9.03. The van der Waals surface area contributed by atoms with E-state index in [1.165, 1.54) is 19.3 Å². The number of hydrogen-bond donors (Lipinski definition) is 0. The summed E-state index contributed by atoms with van der Waals surface area (Å²) >= 11 is 0. The lowest BCUT2D eigenvalue weighted by atomic mass is 9.43. The van der Waals surface area contributed by atoms with Crippen LogP contribution in [0, 0.1) is 29.1 Å². The Bertz CT molecular complexity index is 210. The van der Waals surface area contributed by atoms with Gasteiger partial charge in [0.1, 0.15) is 0 Å². The van der Waals surface area contributed by atoms with Gasteiger partial charge in [0.25, 0.3) is 0 Å². The van der Waals surface area contributed by atoms with Gasteiger partial charge in [0.05, 0.1) is 0 Å². The fraction of sp³-hybridized carbons (Fsp3) is 0.857. The van der Waals surface area contributed by atoms with Crippen LogP contribution < -0.4 is 0 Å². The van der Waals surface area contributed by atoms with Crippen molar-refractivity contribution in [3.63, 3.8) is 0 Å². The summed E-state index contributed by atoms with van der Waals surface area (Å²) in [4.78, 5) is 0. The number of allylic oxidation sites excluding steroid dienone is 2. The first-order chi connectivity index (χ1) is 6.60. The molecule has 0 nitrogen and oxygen atoms in total. The zero-order valence-corrected chi connectivity index (χ0v) is 10.1. The summed E-state index contributed by atoms with van der Waals surface area (Å²) in [5.41, 5.74) is 0.656. The molecule has 1 saturated carbocycles. The number of fused-ring (bicyclic) bond motifs is 2. The number of rotatable bonds is 2. The summed E-state index contributed by atoms with van der Waals surface area (Å²) in [5.74, 6) is 3.66. The van der Waals surface area contributed by atoms with Gasteiger partial charge in [0.2, 0.25) is 0 Å². The van der Waals surface area contributed by atoms with E-state index in [2.05, 4.69) is 39.8 Å². The molecule has 0 aromatic carbocycles. The van der Waals surface area contributed by atoms with Crippen molar-refractivity contribution in [1.82, 2.24) is 0 Å². The molecule has 0 N–H and O–H groups in total. The van der Waals surface area contributed by atoms with E-state index < -0.39 is 0 Å². The Hall–Kier alpha value is -0.260. The van der Waals surface area contributed by atoms with Crippen LogP contribution in [0.3, 0.4) is 0 Å². The summed E-state index contributed by atoms with van der Waals surface area (Å²) in [7, 11) is 0. The van der Waals surface area contributed by atoms with Crippen molar-refractivity contribution in [3.05, 3.63) is 12.2 Å². The molecule has 3 aliphatic rings. The predicted octanol–water partition coefficient (Wildman–Crippen LogP) is 4.27. The Morgan fingerprint density at radius 1 is 0.929 bits per heavy atom. The van der Waals surface area contributed by atoms with E-state index in [1.54, 1.807) is 0 Å². The van der Waals surface area contributed by atoms with E-state index in [0.717, 1.165) is 23.7 Å². The lowest BCUT2D eigenvalue weighted by molar-refractivity contribution is -0.125. The summed E-state index contributed by atoms with van der Waals surface area (Å²) < 4.78 is 0. The topological polar surface area (TPSA) is 0 Å². The maximum absolute atomic E-state index is 2.44. The first-order valence-corrected chi connectivity index (χ1v) is 6.25. The molecular formula is C14H24. The van der Waals surface area contributed by atoms with E-state index >= 15 is 0 Å². The van der Waals surface area contributed by atoms with E-state index in [1.807, 2.05) is 0 Å². The highest BCUT2D eigenvalue weighted by Gasteiger charge is 2.57. The maximum atomic E-state index is 2.44. The minimum Gasteiger partial charge on any atom is -0.0882 e. The highest BCUT2D eigenvalue weighted by Crippen LogP contribution is 2.64. The van der Waals surface area contributed by atoms with Gasteiger partial charge in [-0.3, -0.25) is 0 Å². The van der Waals surface area contributed by atoms with Crippen molar-refractivity contribution < 1.29 is 0 Å². The van der Waals surface area contributed by atoms with E-state index in [9.17, 15) is 0 Å². The molecule has 3 rings (SSSR count). The van der Waals surface area contributed by atoms with Gasteiger partial charge in [-0.2, -0.15) is 0 Å². The van der Waals surface area contributed by atoms with Crippen LogP contribution in [0.4, 0.5) is 0 Å². The predicted molar refractivity (Wildman–Crippen MR) is 62.1 cm³/mol. The van der Waals surface area contributed by atoms with E-state index in [4.69, 9.17) is 0 Å². The van der Waals surface area contributed by atoms with Crippen LogP contribution in [0.25, 0.3) is 0 Å². The molecule has 14 heavy (non-hydrogen) atoms. The van der Waals surface area contributed by atoms with E-state index in [0.29, 0.717) is 5.41 Å². The lowest BCUT2D eigenvalue weighted by Gasteiger charge is -2.61. The van der Waals surface area contributed by atoms with Gasteiger partial charge in [0, 0.05) is 0 Å². The summed E-state index contributed by atoms with van der Waals surface area (Å²) in [6, 6.07) is 0. The van der Waals surface area contributed by atoms with E-state index in [-0.39, 0.29) is 0 Å². The molecule has 2 atom stereocenters. The Morgan fingerprint density at radius 2 is 1.36 bits per heavy atom. The fourth-order valence-electron chi connectivity index (χ4n) is 4.60. The molecular weight excluding hydrogens is 168 g/mol. The largest absolute Gasteiger partial charge is 0.0882 e. The summed E-state index contributed by atoms with van der Waals surface area (Å²) in [6.45, 7) is 9.74. The van der Waals surface area contributed by atoms with Gasteiger partial charge in [-0.05, 0) is 48.3 Å². The van der Waals surface area contributed by atoms with Crippen LogP contribution in [0.1, 0.15) is 47.0 Å². The van der Waals surface area contributed by atoms with Gasteiger partial charge >= 0.3 is 0 Å². The van der Waals surface area contributed by atoms with Crippen molar-refractivity contribution in [2.24, 2.45) is 29.1 Å². The third kappa shape index (κ3) is 1.12. The molecule has 0 heteroatoms. The minimum atomic E-state index is 0.656. The van der Waals surface area contributed by atoms with Crippen LogP contribution in [-0.4, -0.2) is 0 Å². The molecule has 2 unspecified atom stereocenters. The normalized spacial score (nSPS) is 34.4. The van der Waals surface area contributed by atoms with Crippen molar-refractivity contribution in [2.75, 3.05) is 0 Å². The molecule has 0 aromatic rings. The molecule has 0 aromatic heterocycles. The third-order valence-electron chi connectivity index (χ3n) is 4.99. The van der Waals surface area contributed by atoms with Gasteiger partial charge in [-0.25, -0.2) is 0 Å². The van der Waals surface area contributed by atoms with Crippen LogP contribution in [0.5, 0.6) is 0 Å². The second-order valence-electron chi connectivity index (χ2n) is 5.88. The Labute approximate surface area is 88.8 Å². The SMILES string of the molecule is CC(C)C1(C(C)C)C2CC=CCC1C2. The van der Waals surface area contributed by atoms with Crippen LogP contribution in [0.2, 0.25) is 0 Å². The van der Waals surface area contributed by atoms with Crippen molar-refractivity contribution >= 4 is 0 Å². The lowest BCUT2D eigenvalue weighted by Crippen LogP contribution is -2.55. The standard InChI is InChI=1S/C14H24/c1-10(2)14(11(3)4)12-7-5-6-8-13(14)9-12/h5-6,10-13H,7-9H2,1-4H3. The van der Waals surface area contributed by atoms with Crippen molar-refractivity contribution in [1.29, 1.82) is 0 Å². The quantitative estimate of drug-likeness (QED) is 0.573. The smallest absolute Gasteiger partial charge is 0.0189 e. The Kier molecular flexibility index (Phi) is 2.49. The van der Waals surface area contributed by atoms with Crippen LogP contribution in [-0.2, 0) is 0 Å². The Morgan fingerprint density at radius 3 is 1.71 bits per heavy atom. The molecule has 2 bridgehead atoms. The first-order valence-electron chi connectivity index (χ1n) is 6.25. The summed E-state index contributed by atoms with van der Waals surface area (Å²) in [5, 5.41) is 0.